The number of pyridine rings is 1. The first-order chi connectivity index (χ1) is 18.0. The highest BCUT2D eigenvalue weighted by atomic mass is 35.5. The van der Waals surface area contributed by atoms with Crippen LogP contribution in [0.2, 0.25) is 5.02 Å². The van der Waals surface area contributed by atoms with Crippen molar-refractivity contribution in [1.29, 1.82) is 0 Å². The Morgan fingerprint density at radius 2 is 1.78 bits per heavy atom. The van der Waals surface area contributed by atoms with Gasteiger partial charge in [-0.1, -0.05) is 60.1 Å². The van der Waals surface area contributed by atoms with Gasteiger partial charge in [-0.25, -0.2) is 0 Å². The molecule has 8 heteroatoms. The molecule has 194 valence electrons. The fourth-order valence-corrected chi connectivity index (χ4v) is 6.33. The number of carbonyl (C=O) groups is 1. The number of amides is 1. The van der Waals surface area contributed by atoms with Gasteiger partial charge in [0.2, 0.25) is 5.91 Å². The lowest BCUT2D eigenvalue weighted by Crippen LogP contribution is -2.54. The van der Waals surface area contributed by atoms with Crippen LogP contribution in [-0.4, -0.2) is 71.8 Å². The summed E-state index contributed by atoms with van der Waals surface area (Å²) in [7, 11) is 0. The maximum atomic E-state index is 13.1. The zero-order chi connectivity index (χ0) is 25.7. The summed E-state index contributed by atoms with van der Waals surface area (Å²) in [5.41, 5.74) is 2.73. The number of hydrogen-bond acceptors (Lipinski definition) is 6. The molecule has 3 heterocycles. The number of thioether (sulfide) groups is 1. The molecule has 3 unspecified atom stereocenters. The Bertz CT molecular complexity index is 1160. The Morgan fingerprint density at radius 1 is 1.05 bits per heavy atom. The Morgan fingerprint density at radius 3 is 2.49 bits per heavy atom. The van der Waals surface area contributed by atoms with Gasteiger partial charge >= 0.3 is 0 Å². The number of hydrogen-bond donors (Lipinski definition) is 1. The molecule has 0 radical (unpaired) electrons. The Hall–Kier alpha value is -2.42. The topological polar surface area (TPSA) is 57.7 Å². The number of nitrogens with zero attached hydrogens (tertiary/aromatic N) is 3. The lowest BCUT2D eigenvalue weighted by molar-refractivity contribution is -0.134. The average molecular weight is 537 g/mol. The number of piperazine rings is 1. The molecule has 2 fully saturated rings. The fourth-order valence-electron chi connectivity index (χ4n) is 4.99. The molecule has 6 nitrogen and oxygen atoms in total. The van der Waals surface area contributed by atoms with Crippen LogP contribution in [0.15, 0.2) is 79.1 Å². The van der Waals surface area contributed by atoms with Crippen LogP contribution < -0.4 is 5.32 Å². The number of nitrogens with one attached hydrogen (secondary N) is 1. The molecule has 1 aromatic heterocycles. The lowest BCUT2D eigenvalue weighted by Gasteiger charge is -2.37. The molecule has 2 aromatic carbocycles. The summed E-state index contributed by atoms with van der Waals surface area (Å²) >= 11 is 7.92. The van der Waals surface area contributed by atoms with E-state index < -0.39 is 5.60 Å². The van der Waals surface area contributed by atoms with Gasteiger partial charge in [0.1, 0.15) is 5.60 Å². The summed E-state index contributed by atoms with van der Waals surface area (Å²) in [4.78, 5) is 21.7. The number of ether oxygens (including phenoxy) is 1. The molecule has 3 atom stereocenters. The van der Waals surface area contributed by atoms with Crippen LogP contribution in [0.25, 0.3) is 0 Å². The van der Waals surface area contributed by atoms with E-state index in [4.69, 9.17) is 16.3 Å². The highest BCUT2D eigenvalue weighted by molar-refractivity contribution is 7.99. The second-order valence-electron chi connectivity index (χ2n) is 9.64. The van der Waals surface area contributed by atoms with Crippen molar-refractivity contribution in [2.75, 3.05) is 45.1 Å². The summed E-state index contributed by atoms with van der Waals surface area (Å²) in [5.74, 6) is 0.990. The van der Waals surface area contributed by atoms with E-state index in [9.17, 15) is 4.79 Å². The summed E-state index contributed by atoms with van der Waals surface area (Å²) in [6.07, 6.45) is 3.64. The maximum Gasteiger partial charge on any atom is 0.240 e. The van der Waals surface area contributed by atoms with Crippen LogP contribution in [0, 0.1) is 0 Å². The average Bonchev–Trinajstić information content (AvgIpc) is 3.45. The molecule has 37 heavy (non-hydrogen) atoms. The maximum absolute atomic E-state index is 13.1. The third-order valence-corrected chi connectivity index (χ3v) is 8.79. The van der Waals surface area contributed by atoms with Crippen molar-refractivity contribution in [1.82, 2.24) is 20.1 Å². The van der Waals surface area contributed by atoms with Crippen LogP contribution in [0.1, 0.15) is 29.0 Å². The van der Waals surface area contributed by atoms with Crippen molar-refractivity contribution >= 4 is 29.3 Å². The molecule has 2 aliphatic heterocycles. The van der Waals surface area contributed by atoms with Gasteiger partial charge in [0, 0.05) is 55.9 Å². The van der Waals surface area contributed by atoms with Gasteiger partial charge in [0.15, 0.2) is 0 Å². The van der Waals surface area contributed by atoms with Crippen LogP contribution in [0.3, 0.4) is 0 Å². The monoisotopic (exact) mass is 536 g/mol. The first kappa shape index (κ1) is 26.2. The number of halogens is 1. The van der Waals surface area contributed by atoms with E-state index in [1.54, 1.807) is 18.0 Å². The van der Waals surface area contributed by atoms with Crippen molar-refractivity contribution in [2.45, 2.75) is 23.9 Å². The molecule has 0 spiro atoms. The van der Waals surface area contributed by atoms with Gasteiger partial charge in [-0.15, -0.1) is 11.8 Å². The highest BCUT2D eigenvalue weighted by Crippen LogP contribution is 2.34. The van der Waals surface area contributed by atoms with Gasteiger partial charge in [-0.05, 0) is 41.8 Å². The molecular weight excluding hydrogens is 504 g/mol. The SMILES string of the molecule is CC(OCCN1CCN(C(=O)C2CSC(c3cccnc3)N2)CC1)(c1ccccc1)c1ccc(Cl)cc1. The minimum atomic E-state index is -0.569. The summed E-state index contributed by atoms with van der Waals surface area (Å²) < 4.78 is 6.57. The summed E-state index contributed by atoms with van der Waals surface area (Å²) in [6, 6.07) is 22.1. The number of rotatable bonds is 8. The van der Waals surface area contributed by atoms with E-state index in [0.29, 0.717) is 11.6 Å². The quantitative estimate of drug-likeness (QED) is 0.455. The summed E-state index contributed by atoms with van der Waals surface area (Å²) in [5, 5.41) is 4.33. The lowest BCUT2D eigenvalue weighted by atomic mass is 9.88. The molecule has 0 saturated carbocycles. The largest absolute Gasteiger partial charge is 0.365 e. The first-order valence-corrected chi connectivity index (χ1v) is 14.2. The minimum absolute atomic E-state index is 0.126. The molecule has 3 aromatic rings. The van der Waals surface area contributed by atoms with Gasteiger partial charge < -0.3 is 9.64 Å². The second-order valence-corrected chi connectivity index (χ2v) is 11.2. The molecule has 0 aliphatic carbocycles. The fraction of sp³-hybridized carbons (Fsp3) is 0.379. The Kier molecular flexibility index (Phi) is 8.47. The van der Waals surface area contributed by atoms with E-state index >= 15 is 0 Å². The smallest absolute Gasteiger partial charge is 0.240 e. The van der Waals surface area contributed by atoms with E-state index in [0.717, 1.165) is 55.2 Å². The van der Waals surface area contributed by atoms with Gasteiger partial charge in [-0.3, -0.25) is 20.0 Å². The van der Waals surface area contributed by atoms with E-state index in [1.807, 2.05) is 59.6 Å². The van der Waals surface area contributed by atoms with Crippen molar-refractivity contribution in [3.8, 4) is 0 Å². The third kappa shape index (κ3) is 6.19. The van der Waals surface area contributed by atoms with Crippen LogP contribution in [0.5, 0.6) is 0 Å². The van der Waals surface area contributed by atoms with Crippen LogP contribution in [0.4, 0.5) is 0 Å². The van der Waals surface area contributed by atoms with Crippen LogP contribution >= 0.6 is 23.4 Å². The molecular formula is C29H33ClN4O2S. The molecule has 1 amide bonds. The van der Waals surface area contributed by atoms with Crippen molar-refractivity contribution in [3.05, 3.63) is 101 Å². The first-order valence-electron chi connectivity index (χ1n) is 12.8. The normalized spacial score (nSPS) is 22.1. The molecule has 2 saturated heterocycles. The molecule has 2 aliphatic rings. The number of carbonyl (C=O) groups excluding carboxylic acids is 1. The van der Waals surface area contributed by atoms with Crippen molar-refractivity contribution in [3.63, 3.8) is 0 Å². The molecule has 1 N–H and O–H groups in total. The minimum Gasteiger partial charge on any atom is -0.365 e. The molecule has 5 rings (SSSR count). The van der Waals surface area contributed by atoms with Gasteiger partial charge in [0.05, 0.1) is 18.0 Å². The van der Waals surface area contributed by atoms with E-state index in [1.165, 1.54) is 0 Å². The predicted molar refractivity (Wildman–Crippen MR) is 150 cm³/mol. The Labute approximate surface area is 228 Å². The summed E-state index contributed by atoms with van der Waals surface area (Å²) in [6.45, 7) is 6.72. The van der Waals surface area contributed by atoms with Crippen molar-refractivity contribution < 1.29 is 9.53 Å². The number of aromatic nitrogens is 1. The zero-order valence-corrected chi connectivity index (χ0v) is 22.6. The Balaban J connectivity index is 1.12. The predicted octanol–water partition coefficient (Wildman–Crippen LogP) is 4.56. The van der Waals surface area contributed by atoms with E-state index in [-0.39, 0.29) is 17.3 Å². The third-order valence-electron chi connectivity index (χ3n) is 7.27. The van der Waals surface area contributed by atoms with Crippen molar-refractivity contribution in [2.24, 2.45) is 0 Å². The zero-order valence-electron chi connectivity index (χ0n) is 21.1. The van der Waals surface area contributed by atoms with Gasteiger partial charge in [-0.2, -0.15) is 0 Å². The highest BCUT2D eigenvalue weighted by Gasteiger charge is 2.35. The second kappa shape index (κ2) is 12.0. The van der Waals surface area contributed by atoms with Crippen LogP contribution in [-0.2, 0) is 15.1 Å². The molecule has 0 bridgehead atoms. The van der Waals surface area contributed by atoms with E-state index in [2.05, 4.69) is 40.3 Å². The standard InChI is InChI=1S/C29H33ClN4O2S/c1-29(23-7-3-2-4-8-23,24-9-11-25(30)12-10-24)36-19-18-33-14-16-34(17-15-33)28(35)26-21-37-27(32-26)22-6-5-13-31-20-22/h2-13,20,26-27,32H,14-19,21H2,1H3. The number of benzene rings is 2. The van der Waals surface area contributed by atoms with Gasteiger partial charge in [0.25, 0.3) is 0 Å².